The summed E-state index contributed by atoms with van der Waals surface area (Å²) in [6, 6.07) is 8.18. The molecule has 0 saturated heterocycles. The predicted molar refractivity (Wildman–Crippen MR) is 80.5 cm³/mol. The fourth-order valence-corrected chi connectivity index (χ4v) is 3.19. The van der Waals surface area contributed by atoms with Crippen LogP contribution in [-0.4, -0.2) is 26.2 Å². The van der Waals surface area contributed by atoms with Gasteiger partial charge in [0.15, 0.2) is 10.8 Å². The molecule has 0 aliphatic heterocycles. The first kappa shape index (κ1) is 11.6. The summed E-state index contributed by atoms with van der Waals surface area (Å²) in [4.78, 5) is 5.72. The maximum Gasteiger partial charge on any atom is 0.196 e. The summed E-state index contributed by atoms with van der Waals surface area (Å²) in [7, 11) is 1.94. The molecule has 0 fully saturated rings. The Bertz CT molecular complexity index is 885. The highest BCUT2D eigenvalue weighted by atomic mass is 32.1. The zero-order chi connectivity index (χ0) is 13.5. The van der Waals surface area contributed by atoms with E-state index >= 15 is 0 Å². The van der Waals surface area contributed by atoms with Gasteiger partial charge in [-0.05, 0) is 13.1 Å². The first-order valence-electron chi connectivity index (χ1n) is 6.40. The number of hydrogen-bond acceptors (Lipinski definition) is 4. The smallest absolute Gasteiger partial charge is 0.196 e. The van der Waals surface area contributed by atoms with Gasteiger partial charge in [-0.2, -0.15) is 10.1 Å². The third-order valence-corrected chi connectivity index (χ3v) is 4.12. The van der Waals surface area contributed by atoms with Crippen LogP contribution < -0.4 is 5.32 Å². The Labute approximate surface area is 119 Å². The quantitative estimate of drug-likeness (QED) is 0.628. The van der Waals surface area contributed by atoms with E-state index in [2.05, 4.69) is 33.1 Å². The molecule has 0 atom stereocenters. The van der Waals surface area contributed by atoms with Crippen molar-refractivity contribution in [3.05, 3.63) is 47.7 Å². The summed E-state index contributed by atoms with van der Waals surface area (Å²) in [5.41, 5.74) is 2.20. The Kier molecular flexibility index (Phi) is 2.58. The van der Waals surface area contributed by atoms with Crippen LogP contribution in [0.3, 0.4) is 0 Å². The van der Waals surface area contributed by atoms with Gasteiger partial charge in [0.2, 0.25) is 0 Å². The first-order valence-corrected chi connectivity index (χ1v) is 7.28. The van der Waals surface area contributed by atoms with Crippen molar-refractivity contribution in [2.45, 2.75) is 6.54 Å². The minimum Gasteiger partial charge on any atom is -0.314 e. The van der Waals surface area contributed by atoms with E-state index in [1.165, 1.54) is 0 Å². The lowest BCUT2D eigenvalue weighted by Crippen LogP contribution is -2.11. The number of imidazole rings is 1. The topological polar surface area (TPSA) is 47.2 Å². The van der Waals surface area contributed by atoms with Gasteiger partial charge in [0.05, 0.1) is 17.4 Å². The van der Waals surface area contributed by atoms with Crippen LogP contribution in [0, 0.1) is 0 Å². The van der Waals surface area contributed by atoms with Crippen molar-refractivity contribution in [3.8, 4) is 5.82 Å². The van der Waals surface area contributed by atoms with Crippen LogP contribution in [0.25, 0.3) is 21.7 Å². The minimum absolute atomic E-state index is 0.751. The zero-order valence-corrected chi connectivity index (χ0v) is 11.8. The molecule has 0 aliphatic carbocycles. The molecule has 0 aliphatic rings. The zero-order valence-electron chi connectivity index (χ0n) is 10.9. The van der Waals surface area contributed by atoms with Crippen LogP contribution in [0.1, 0.15) is 5.69 Å². The number of benzene rings is 1. The Morgan fingerprint density at radius 1 is 1.30 bits per heavy atom. The van der Waals surface area contributed by atoms with Gasteiger partial charge in [0.25, 0.3) is 0 Å². The van der Waals surface area contributed by atoms with E-state index in [0.29, 0.717) is 0 Å². The summed E-state index contributed by atoms with van der Waals surface area (Å²) in [6.45, 7) is 0.751. The van der Waals surface area contributed by atoms with Gasteiger partial charge in [-0.3, -0.25) is 4.40 Å². The number of thiazole rings is 1. The Morgan fingerprint density at radius 2 is 2.20 bits per heavy atom. The van der Waals surface area contributed by atoms with Crippen molar-refractivity contribution < 1.29 is 0 Å². The van der Waals surface area contributed by atoms with E-state index in [4.69, 9.17) is 4.98 Å². The highest BCUT2D eigenvalue weighted by Crippen LogP contribution is 2.23. The summed E-state index contributed by atoms with van der Waals surface area (Å²) in [5.74, 6) is 0.896. The molecule has 0 spiro atoms. The van der Waals surface area contributed by atoms with Gasteiger partial charge >= 0.3 is 0 Å². The molecule has 0 unspecified atom stereocenters. The van der Waals surface area contributed by atoms with Gasteiger partial charge in [0, 0.05) is 23.5 Å². The molecule has 4 rings (SSSR count). The molecule has 100 valence electrons. The van der Waals surface area contributed by atoms with Gasteiger partial charge in [-0.1, -0.05) is 18.2 Å². The van der Waals surface area contributed by atoms with Crippen LogP contribution in [0.4, 0.5) is 0 Å². The molecule has 6 heteroatoms. The van der Waals surface area contributed by atoms with Gasteiger partial charge < -0.3 is 5.32 Å². The second-order valence-corrected chi connectivity index (χ2v) is 5.46. The average molecular weight is 283 g/mol. The van der Waals surface area contributed by atoms with Crippen molar-refractivity contribution in [3.63, 3.8) is 0 Å². The molecular formula is C14H13N5S. The number of nitrogens with one attached hydrogen (secondary N) is 1. The number of rotatable bonds is 3. The average Bonchev–Trinajstić information content (AvgIpc) is 3.14. The van der Waals surface area contributed by atoms with Gasteiger partial charge in [0.1, 0.15) is 0 Å². The van der Waals surface area contributed by atoms with Gasteiger partial charge in [-0.25, -0.2) is 4.68 Å². The molecule has 0 saturated carbocycles. The maximum absolute atomic E-state index is 4.73. The van der Waals surface area contributed by atoms with E-state index in [0.717, 1.165) is 33.9 Å². The van der Waals surface area contributed by atoms with E-state index in [1.54, 1.807) is 11.3 Å². The largest absolute Gasteiger partial charge is 0.314 e. The number of nitrogens with zero attached hydrogens (tertiary/aromatic N) is 4. The third kappa shape index (κ3) is 1.59. The molecule has 3 heterocycles. The van der Waals surface area contributed by atoms with E-state index in [9.17, 15) is 0 Å². The standard InChI is InChI=1S/C14H13N5S/c1-15-9-12-13(17-14-18(12)6-7-20-14)19-11-5-3-2-4-10(11)8-16-19/h2-8,15H,9H2,1H3. The molecule has 1 N–H and O–H groups in total. The summed E-state index contributed by atoms with van der Waals surface area (Å²) in [5, 5.41) is 10.9. The Hall–Kier alpha value is -2.18. The van der Waals surface area contributed by atoms with Crippen LogP contribution >= 0.6 is 11.3 Å². The summed E-state index contributed by atoms with van der Waals surface area (Å²) < 4.78 is 4.04. The van der Waals surface area contributed by atoms with E-state index in [1.807, 2.05) is 35.4 Å². The molecular weight excluding hydrogens is 270 g/mol. The van der Waals surface area contributed by atoms with E-state index < -0.39 is 0 Å². The second kappa shape index (κ2) is 4.43. The summed E-state index contributed by atoms with van der Waals surface area (Å²) >= 11 is 1.63. The third-order valence-electron chi connectivity index (χ3n) is 3.36. The fraction of sp³-hybridized carbons (Fsp3) is 0.143. The minimum atomic E-state index is 0.751. The Balaban J connectivity index is 2.01. The van der Waals surface area contributed by atoms with Crippen molar-refractivity contribution >= 4 is 27.2 Å². The molecule has 1 aromatic carbocycles. The lowest BCUT2D eigenvalue weighted by molar-refractivity contribution is 0.761. The normalized spacial score (nSPS) is 11.7. The van der Waals surface area contributed by atoms with Crippen molar-refractivity contribution in [1.29, 1.82) is 0 Å². The Morgan fingerprint density at radius 3 is 3.10 bits per heavy atom. The van der Waals surface area contributed by atoms with Crippen LogP contribution in [0.2, 0.25) is 0 Å². The monoisotopic (exact) mass is 283 g/mol. The first-order chi connectivity index (χ1) is 9.88. The summed E-state index contributed by atoms with van der Waals surface area (Å²) in [6.07, 6.45) is 3.93. The molecule has 5 nitrogen and oxygen atoms in total. The number of fused-ring (bicyclic) bond motifs is 2. The highest BCUT2D eigenvalue weighted by Gasteiger charge is 2.16. The predicted octanol–water partition coefficient (Wildman–Crippen LogP) is 2.45. The lowest BCUT2D eigenvalue weighted by Gasteiger charge is -2.04. The van der Waals surface area contributed by atoms with Gasteiger partial charge in [-0.15, -0.1) is 11.3 Å². The lowest BCUT2D eigenvalue weighted by atomic mass is 10.2. The maximum atomic E-state index is 4.73. The highest BCUT2D eigenvalue weighted by molar-refractivity contribution is 7.15. The molecule has 3 aromatic heterocycles. The van der Waals surface area contributed by atoms with Crippen molar-refractivity contribution in [2.24, 2.45) is 0 Å². The van der Waals surface area contributed by atoms with Crippen LogP contribution in [0.15, 0.2) is 42.0 Å². The number of aromatic nitrogens is 4. The number of hydrogen-bond donors (Lipinski definition) is 1. The van der Waals surface area contributed by atoms with Crippen LogP contribution in [-0.2, 0) is 6.54 Å². The second-order valence-electron chi connectivity index (χ2n) is 4.58. The van der Waals surface area contributed by atoms with Crippen LogP contribution in [0.5, 0.6) is 0 Å². The van der Waals surface area contributed by atoms with Crippen molar-refractivity contribution in [2.75, 3.05) is 7.05 Å². The fourth-order valence-electron chi connectivity index (χ4n) is 2.46. The molecule has 4 aromatic rings. The van der Waals surface area contributed by atoms with Crippen molar-refractivity contribution in [1.82, 2.24) is 24.5 Å². The number of para-hydroxylation sites is 1. The molecule has 20 heavy (non-hydrogen) atoms. The molecule has 0 amide bonds. The molecule has 0 radical (unpaired) electrons. The van der Waals surface area contributed by atoms with E-state index in [-0.39, 0.29) is 0 Å². The SMILES string of the molecule is CNCc1c(-n2ncc3ccccc32)nc2sccn12. The molecule has 0 bridgehead atoms.